The molecule has 0 radical (unpaired) electrons. The van der Waals surface area contributed by atoms with E-state index < -0.39 is 5.82 Å². The van der Waals surface area contributed by atoms with Crippen LogP contribution in [-0.2, 0) is 0 Å². The normalized spacial score (nSPS) is 22.5. The van der Waals surface area contributed by atoms with E-state index in [0.29, 0.717) is 30.1 Å². The van der Waals surface area contributed by atoms with E-state index in [9.17, 15) is 9.50 Å². The van der Waals surface area contributed by atoms with E-state index in [1.807, 2.05) is 10.9 Å². The van der Waals surface area contributed by atoms with Crippen LogP contribution in [0.1, 0.15) is 44.6 Å². The highest BCUT2D eigenvalue weighted by Crippen LogP contribution is 2.37. The molecule has 2 aliphatic rings. The van der Waals surface area contributed by atoms with Crippen molar-refractivity contribution >= 4 is 11.6 Å². The quantitative estimate of drug-likeness (QED) is 0.766. The van der Waals surface area contributed by atoms with Gasteiger partial charge in [0.25, 0.3) is 11.8 Å². The third-order valence-corrected chi connectivity index (χ3v) is 5.04. The molecule has 0 spiro atoms. The fraction of sp³-hybridized carbons (Fsp3) is 0.611. The van der Waals surface area contributed by atoms with Gasteiger partial charge in [0.2, 0.25) is 11.8 Å². The summed E-state index contributed by atoms with van der Waals surface area (Å²) in [5, 5.41) is 17.0. The molecule has 4 rings (SSSR count). The molecule has 27 heavy (non-hydrogen) atoms. The number of hydrogen-bond donors (Lipinski definition) is 2. The predicted molar refractivity (Wildman–Crippen MR) is 95.8 cm³/mol. The van der Waals surface area contributed by atoms with Crippen LogP contribution in [0, 0.1) is 11.7 Å². The van der Waals surface area contributed by atoms with Gasteiger partial charge in [-0.1, -0.05) is 0 Å². The number of aliphatic hydroxyl groups excluding tert-OH is 1. The first-order valence-electron chi connectivity index (χ1n) is 9.36. The summed E-state index contributed by atoms with van der Waals surface area (Å²) in [4.78, 5) is 8.13. The zero-order valence-electron chi connectivity index (χ0n) is 15.3. The van der Waals surface area contributed by atoms with Crippen LogP contribution < -0.4 is 14.8 Å². The van der Waals surface area contributed by atoms with Crippen molar-refractivity contribution in [3.8, 4) is 11.8 Å². The number of methoxy groups -OCH3 is 1. The predicted octanol–water partition coefficient (Wildman–Crippen LogP) is 2.83. The lowest BCUT2D eigenvalue weighted by Gasteiger charge is -2.25. The van der Waals surface area contributed by atoms with E-state index in [4.69, 9.17) is 9.47 Å². The molecule has 2 fully saturated rings. The second-order valence-electron chi connectivity index (χ2n) is 7.22. The lowest BCUT2D eigenvalue weighted by atomic mass is 9.88. The van der Waals surface area contributed by atoms with Gasteiger partial charge in [-0.05, 0) is 44.4 Å². The minimum Gasteiger partial charge on any atom is -0.478 e. The average Bonchev–Trinajstić information content (AvgIpc) is 3.44. The largest absolute Gasteiger partial charge is 0.478 e. The van der Waals surface area contributed by atoms with Crippen molar-refractivity contribution in [2.45, 2.75) is 50.7 Å². The molecule has 0 aromatic carbocycles. The highest BCUT2D eigenvalue weighted by atomic mass is 19.1. The fourth-order valence-electron chi connectivity index (χ4n) is 3.28. The van der Waals surface area contributed by atoms with E-state index >= 15 is 0 Å². The Hall–Kier alpha value is -2.42. The third kappa shape index (κ3) is 4.29. The van der Waals surface area contributed by atoms with Gasteiger partial charge < -0.3 is 19.9 Å². The highest BCUT2D eigenvalue weighted by molar-refractivity contribution is 5.59. The van der Waals surface area contributed by atoms with Gasteiger partial charge >= 0.3 is 0 Å². The number of aliphatic hydroxyl groups is 1. The Morgan fingerprint density at radius 3 is 2.70 bits per heavy atom. The number of anilines is 2. The molecule has 8 nitrogen and oxygen atoms in total. The van der Waals surface area contributed by atoms with Crippen molar-refractivity contribution in [3.63, 3.8) is 0 Å². The van der Waals surface area contributed by atoms with Gasteiger partial charge in [0.05, 0.1) is 38.3 Å². The van der Waals surface area contributed by atoms with Gasteiger partial charge in [-0.2, -0.15) is 9.37 Å². The zero-order valence-corrected chi connectivity index (χ0v) is 15.3. The standard InChI is InChI=1S/C18H24FN5O3/c1-26-17-15(9-24(23-17)12-4-5-12)21-18-20-8-14(19)16(22-18)27-10-11-2-6-13(25)7-3-11/h8-9,11-13,25H,2-7,10H2,1H3,(H,20,21,22). The van der Waals surface area contributed by atoms with Crippen LogP contribution >= 0.6 is 0 Å². The Labute approximate surface area is 156 Å². The first kappa shape index (κ1) is 18.0. The SMILES string of the molecule is COc1nn(C2CC2)cc1Nc1ncc(F)c(OCC2CCC(O)CC2)n1. The van der Waals surface area contributed by atoms with Crippen LogP contribution in [0.4, 0.5) is 16.0 Å². The topological polar surface area (TPSA) is 94.3 Å². The van der Waals surface area contributed by atoms with Crippen LogP contribution in [0.3, 0.4) is 0 Å². The molecule has 0 saturated heterocycles. The van der Waals surface area contributed by atoms with E-state index in [1.165, 1.54) is 0 Å². The molecule has 2 N–H and O–H groups in total. The van der Waals surface area contributed by atoms with Crippen LogP contribution in [0.15, 0.2) is 12.4 Å². The summed E-state index contributed by atoms with van der Waals surface area (Å²) >= 11 is 0. The second-order valence-corrected chi connectivity index (χ2v) is 7.22. The summed E-state index contributed by atoms with van der Waals surface area (Å²) < 4.78 is 26.8. The Morgan fingerprint density at radius 1 is 1.22 bits per heavy atom. The number of rotatable bonds is 7. The minimum absolute atomic E-state index is 0.0767. The lowest BCUT2D eigenvalue weighted by molar-refractivity contribution is 0.0899. The molecule has 2 aromatic heterocycles. The van der Waals surface area contributed by atoms with E-state index in [0.717, 1.165) is 44.7 Å². The molecule has 0 amide bonds. The maximum Gasteiger partial charge on any atom is 0.256 e. The molecule has 0 unspecified atom stereocenters. The van der Waals surface area contributed by atoms with Gasteiger partial charge in [-0.15, -0.1) is 5.10 Å². The van der Waals surface area contributed by atoms with E-state index in [2.05, 4.69) is 20.4 Å². The van der Waals surface area contributed by atoms with E-state index in [1.54, 1.807) is 7.11 Å². The number of ether oxygens (including phenoxy) is 2. The molecule has 2 heterocycles. The Bertz CT molecular complexity index is 787. The van der Waals surface area contributed by atoms with Gasteiger partial charge in [0.15, 0.2) is 0 Å². The third-order valence-electron chi connectivity index (χ3n) is 5.04. The highest BCUT2D eigenvalue weighted by Gasteiger charge is 2.26. The molecular weight excluding hydrogens is 353 g/mol. The number of nitrogens with one attached hydrogen (secondary N) is 1. The minimum atomic E-state index is -0.600. The zero-order chi connectivity index (χ0) is 18.8. The van der Waals surface area contributed by atoms with Gasteiger partial charge in [0, 0.05) is 0 Å². The molecular formula is C18H24FN5O3. The molecule has 146 valence electrons. The van der Waals surface area contributed by atoms with Crippen molar-refractivity contribution in [1.29, 1.82) is 0 Å². The van der Waals surface area contributed by atoms with Crippen LogP contribution in [0.2, 0.25) is 0 Å². The molecule has 0 bridgehead atoms. The lowest BCUT2D eigenvalue weighted by Crippen LogP contribution is -2.23. The number of nitrogens with zero attached hydrogens (tertiary/aromatic N) is 4. The molecule has 2 aliphatic carbocycles. The monoisotopic (exact) mass is 377 g/mol. The fourth-order valence-corrected chi connectivity index (χ4v) is 3.28. The summed E-state index contributed by atoms with van der Waals surface area (Å²) in [6, 6.07) is 0.413. The van der Waals surface area contributed by atoms with Gasteiger partial charge in [0.1, 0.15) is 5.69 Å². The molecule has 2 saturated carbocycles. The van der Waals surface area contributed by atoms with Crippen molar-refractivity contribution in [2.24, 2.45) is 5.92 Å². The van der Waals surface area contributed by atoms with Gasteiger partial charge in [-0.25, -0.2) is 4.98 Å². The summed E-state index contributed by atoms with van der Waals surface area (Å²) in [6.45, 7) is 0.378. The van der Waals surface area contributed by atoms with Crippen molar-refractivity contribution in [2.75, 3.05) is 19.0 Å². The molecule has 9 heteroatoms. The summed E-state index contributed by atoms with van der Waals surface area (Å²) in [5.74, 6) is 0.289. The molecule has 0 aliphatic heterocycles. The smallest absolute Gasteiger partial charge is 0.256 e. The summed E-state index contributed by atoms with van der Waals surface area (Å²) in [7, 11) is 1.55. The molecule has 0 atom stereocenters. The first-order chi connectivity index (χ1) is 13.1. The maximum absolute atomic E-state index is 14.0. The van der Waals surface area contributed by atoms with Crippen molar-refractivity contribution in [1.82, 2.24) is 19.7 Å². The summed E-state index contributed by atoms with van der Waals surface area (Å²) in [5.41, 5.74) is 0.628. The average molecular weight is 377 g/mol. The number of halogens is 1. The Kier molecular flexibility index (Phi) is 5.11. The van der Waals surface area contributed by atoms with Gasteiger partial charge in [-0.3, -0.25) is 4.68 Å². The van der Waals surface area contributed by atoms with Crippen LogP contribution in [0.5, 0.6) is 11.8 Å². The van der Waals surface area contributed by atoms with Crippen LogP contribution in [-0.4, -0.2) is 44.7 Å². The first-order valence-corrected chi connectivity index (χ1v) is 9.36. The van der Waals surface area contributed by atoms with Crippen molar-refractivity contribution in [3.05, 3.63) is 18.2 Å². The maximum atomic E-state index is 14.0. The van der Waals surface area contributed by atoms with E-state index in [-0.39, 0.29) is 17.9 Å². The molecule has 2 aromatic rings. The Morgan fingerprint density at radius 2 is 2.00 bits per heavy atom. The number of aromatic nitrogens is 4. The second kappa shape index (κ2) is 7.67. The summed E-state index contributed by atoms with van der Waals surface area (Å²) in [6.07, 6.45) is 8.19. The Balaban J connectivity index is 1.42. The van der Waals surface area contributed by atoms with Crippen molar-refractivity contribution < 1.29 is 19.0 Å². The van der Waals surface area contributed by atoms with Crippen LogP contribution in [0.25, 0.3) is 0 Å². The number of hydrogen-bond acceptors (Lipinski definition) is 7.